The number of carbonyl (C=O) groups is 1. The van der Waals surface area contributed by atoms with Crippen molar-refractivity contribution in [2.24, 2.45) is 23.2 Å². The number of esters is 1. The highest BCUT2D eigenvalue weighted by Gasteiger charge is 2.60. The van der Waals surface area contributed by atoms with E-state index < -0.39 is 5.41 Å². The zero-order valence-electron chi connectivity index (χ0n) is 12.3. The fourth-order valence-corrected chi connectivity index (χ4v) is 4.03. The van der Waals surface area contributed by atoms with Crippen LogP contribution in [0.2, 0.25) is 0 Å². The minimum atomic E-state index is -0.432. The number of methoxy groups -OCH3 is 3. The summed E-state index contributed by atoms with van der Waals surface area (Å²) >= 11 is 0. The fourth-order valence-electron chi connectivity index (χ4n) is 4.03. The second kappa shape index (κ2) is 5.63. The van der Waals surface area contributed by atoms with E-state index in [1.165, 1.54) is 12.7 Å². The number of hydrogen-bond donors (Lipinski definition) is 0. The molecule has 1 saturated carbocycles. The van der Waals surface area contributed by atoms with Gasteiger partial charge in [-0.25, -0.2) is 0 Å². The van der Waals surface area contributed by atoms with Crippen molar-refractivity contribution in [2.45, 2.75) is 19.8 Å². The van der Waals surface area contributed by atoms with Crippen LogP contribution in [0, 0.1) is 23.2 Å². The van der Waals surface area contributed by atoms with Crippen LogP contribution in [0.5, 0.6) is 0 Å². The first-order chi connectivity index (χ1) is 9.11. The van der Waals surface area contributed by atoms with E-state index in [1.54, 1.807) is 14.2 Å². The Morgan fingerprint density at radius 2 is 2.11 bits per heavy atom. The second-order valence-corrected chi connectivity index (χ2v) is 5.76. The molecule has 19 heavy (non-hydrogen) atoms. The van der Waals surface area contributed by atoms with Crippen LogP contribution in [0.3, 0.4) is 0 Å². The van der Waals surface area contributed by atoms with Crippen LogP contribution >= 0.6 is 0 Å². The van der Waals surface area contributed by atoms with Crippen molar-refractivity contribution in [2.75, 3.05) is 34.5 Å². The van der Waals surface area contributed by atoms with Gasteiger partial charge in [0.05, 0.1) is 25.7 Å². The first-order valence-corrected chi connectivity index (χ1v) is 6.88. The third kappa shape index (κ3) is 2.11. The molecule has 4 nitrogen and oxygen atoms in total. The highest BCUT2D eigenvalue weighted by Crippen LogP contribution is 2.59. The molecule has 1 fully saturated rings. The smallest absolute Gasteiger partial charge is 0.313 e. The molecule has 2 aliphatic carbocycles. The fraction of sp³-hybridized carbons (Fsp3) is 0.800. The molecule has 0 saturated heterocycles. The molecule has 0 aromatic rings. The lowest BCUT2D eigenvalue weighted by Crippen LogP contribution is -2.42. The maximum Gasteiger partial charge on any atom is 0.313 e. The van der Waals surface area contributed by atoms with E-state index in [-0.39, 0.29) is 17.8 Å². The lowest BCUT2D eigenvalue weighted by molar-refractivity contribution is -0.158. The topological polar surface area (TPSA) is 44.8 Å². The highest BCUT2D eigenvalue weighted by molar-refractivity contribution is 5.80. The Morgan fingerprint density at radius 3 is 2.68 bits per heavy atom. The number of rotatable bonds is 5. The summed E-state index contributed by atoms with van der Waals surface area (Å²) in [6, 6.07) is 0. The summed E-state index contributed by atoms with van der Waals surface area (Å²) in [5.41, 5.74) is 0.754. The molecule has 0 amide bonds. The Kier molecular flexibility index (Phi) is 4.31. The first-order valence-electron chi connectivity index (χ1n) is 6.88. The molecule has 108 valence electrons. The molecule has 4 heteroatoms. The van der Waals surface area contributed by atoms with Gasteiger partial charge in [-0.2, -0.15) is 0 Å². The summed E-state index contributed by atoms with van der Waals surface area (Å²) in [6.07, 6.45) is 4.18. The van der Waals surface area contributed by atoms with Crippen LogP contribution in [-0.2, 0) is 19.0 Å². The van der Waals surface area contributed by atoms with Crippen molar-refractivity contribution in [3.8, 4) is 0 Å². The largest absolute Gasteiger partial charge is 0.469 e. The van der Waals surface area contributed by atoms with E-state index in [9.17, 15) is 4.79 Å². The molecular weight excluding hydrogens is 244 g/mol. The van der Waals surface area contributed by atoms with Crippen molar-refractivity contribution < 1.29 is 19.0 Å². The highest BCUT2D eigenvalue weighted by atomic mass is 16.5. The summed E-state index contributed by atoms with van der Waals surface area (Å²) < 4.78 is 15.8. The average molecular weight is 268 g/mol. The molecule has 0 aromatic carbocycles. The number of fused-ring (bicyclic) bond motifs is 1. The van der Waals surface area contributed by atoms with Gasteiger partial charge in [0.15, 0.2) is 0 Å². The standard InChI is InChI=1S/C15H24O4/c1-10-5-6-15(14(16)19-4)12(10)7-11(8-17-2)13(15)9-18-3/h7,10,12-13H,5-6,8-9H2,1-4H3/t10-,12-,13+,15-/m1/s1. The molecule has 0 heterocycles. The molecule has 0 N–H and O–H groups in total. The molecular formula is C15H24O4. The minimum Gasteiger partial charge on any atom is -0.469 e. The first kappa shape index (κ1) is 14.5. The van der Waals surface area contributed by atoms with E-state index in [4.69, 9.17) is 14.2 Å². The number of allylic oxidation sites excluding steroid dienone is 1. The Balaban J connectivity index is 2.38. The Morgan fingerprint density at radius 1 is 1.37 bits per heavy atom. The van der Waals surface area contributed by atoms with Gasteiger partial charge in [-0.05, 0) is 30.3 Å². The summed E-state index contributed by atoms with van der Waals surface area (Å²) in [5.74, 6) is 0.754. The maximum atomic E-state index is 12.4. The van der Waals surface area contributed by atoms with Crippen LogP contribution in [0.1, 0.15) is 19.8 Å². The predicted molar refractivity (Wildman–Crippen MR) is 71.7 cm³/mol. The van der Waals surface area contributed by atoms with Crippen LogP contribution in [0.4, 0.5) is 0 Å². The van der Waals surface area contributed by atoms with Gasteiger partial charge in [0.2, 0.25) is 0 Å². The van der Waals surface area contributed by atoms with Crippen LogP contribution in [-0.4, -0.2) is 40.5 Å². The second-order valence-electron chi connectivity index (χ2n) is 5.76. The van der Waals surface area contributed by atoms with Gasteiger partial charge in [0.25, 0.3) is 0 Å². The summed E-state index contributed by atoms with van der Waals surface area (Å²) in [5, 5.41) is 0. The normalized spacial score (nSPS) is 37.1. The molecule has 0 aromatic heterocycles. The Labute approximate surface area is 115 Å². The molecule has 2 aliphatic rings. The van der Waals surface area contributed by atoms with Crippen molar-refractivity contribution >= 4 is 5.97 Å². The number of ether oxygens (including phenoxy) is 3. The number of hydrogen-bond acceptors (Lipinski definition) is 4. The van der Waals surface area contributed by atoms with E-state index in [1.807, 2.05) is 0 Å². The maximum absolute atomic E-state index is 12.4. The SMILES string of the molecule is COCC1=C[C@@H]2[C@H](C)CC[C@]2(C(=O)OC)[C@H]1COC. The van der Waals surface area contributed by atoms with Gasteiger partial charge in [0.1, 0.15) is 0 Å². The molecule has 4 atom stereocenters. The molecule has 0 radical (unpaired) electrons. The Bertz CT molecular complexity index is 376. The van der Waals surface area contributed by atoms with E-state index >= 15 is 0 Å². The Hall–Kier alpha value is -0.870. The van der Waals surface area contributed by atoms with Gasteiger partial charge in [-0.3, -0.25) is 4.79 Å². The summed E-state index contributed by atoms with van der Waals surface area (Å²) in [4.78, 5) is 12.4. The summed E-state index contributed by atoms with van der Waals surface area (Å²) in [7, 11) is 4.85. The van der Waals surface area contributed by atoms with E-state index in [2.05, 4.69) is 13.0 Å². The lowest BCUT2D eigenvalue weighted by atomic mass is 9.70. The summed E-state index contributed by atoms with van der Waals surface area (Å²) in [6.45, 7) is 3.33. The molecule has 0 aliphatic heterocycles. The van der Waals surface area contributed by atoms with Gasteiger partial charge in [-0.1, -0.05) is 13.0 Å². The molecule has 0 unspecified atom stereocenters. The van der Waals surface area contributed by atoms with Crippen molar-refractivity contribution in [3.63, 3.8) is 0 Å². The molecule has 0 bridgehead atoms. The van der Waals surface area contributed by atoms with Crippen molar-refractivity contribution in [1.82, 2.24) is 0 Å². The average Bonchev–Trinajstić information content (AvgIpc) is 2.88. The van der Waals surface area contributed by atoms with Gasteiger partial charge < -0.3 is 14.2 Å². The van der Waals surface area contributed by atoms with Crippen LogP contribution in [0.25, 0.3) is 0 Å². The predicted octanol–water partition coefficient (Wildman–Crippen LogP) is 2.04. The van der Waals surface area contributed by atoms with E-state index in [0.717, 1.165) is 12.8 Å². The van der Waals surface area contributed by atoms with E-state index in [0.29, 0.717) is 19.1 Å². The van der Waals surface area contributed by atoms with Crippen LogP contribution < -0.4 is 0 Å². The van der Waals surface area contributed by atoms with Crippen molar-refractivity contribution in [1.29, 1.82) is 0 Å². The third-order valence-corrected chi connectivity index (χ3v) is 4.89. The van der Waals surface area contributed by atoms with Gasteiger partial charge in [-0.15, -0.1) is 0 Å². The quantitative estimate of drug-likeness (QED) is 0.565. The van der Waals surface area contributed by atoms with Gasteiger partial charge in [0, 0.05) is 20.1 Å². The van der Waals surface area contributed by atoms with Crippen molar-refractivity contribution in [3.05, 3.63) is 11.6 Å². The zero-order chi connectivity index (χ0) is 14.0. The zero-order valence-corrected chi connectivity index (χ0v) is 12.3. The molecule has 2 rings (SSSR count). The monoisotopic (exact) mass is 268 g/mol. The molecule has 0 spiro atoms. The lowest BCUT2D eigenvalue weighted by Gasteiger charge is -2.34. The minimum absolute atomic E-state index is 0.0832. The number of carbonyl (C=O) groups excluding carboxylic acids is 1. The third-order valence-electron chi connectivity index (χ3n) is 4.89. The van der Waals surface area contributed by atoms with Gasteiger partial charge >= 0.3 is 5.97 Å². The van der Waals surface area contributed by atoms with Crippen LogP contribution in [0.15, 0.2) is 11.6 Å².